The summed E-state index contributed by atoms with van der Waals surface area (Å²) in [5.41, 5.74) is 1.40. The second-order valence-corrected chi connectivity index (χ2v) is 3.40. The van der Waals surface area contributed by atoms with Crippen LogP contribution in [0.15, 0.2) is 28.9 Å². The van der Waals surface area contributed by atoms with Crippen LogP contribution < -0.4 is 0 Å². The van der Waals surface area contributed by atoms with Gasteiger partial charge in [0, 0.05) is 12.4 Å². The Labute approximate surface area is 88.6 Å². The van der Waals surface area contributed by atoms with Crippen LogP contribution in [0.3, 0.4) is 0 Å². The largest absolute Gasteiger partial charge is 0.269 e. The summed E-state index contributed by atoms with van der Waals surface area (Å²) in [6.45, 7) is 6.27. The summed E-state index contributed by atoms with van der Waals surface area (Å²) in [6.07, 6.45) is 14.4. The van der Waals surface area contributed by atoms with Crippen molar-refractivity contribution in [2.45, 2.75) is 52.9 Å². The summed E-state index contributed by atoms with van der Waals surface area (Å²) in [7, 11) is 0. The van der Waals surface area contributed by atoms with Crippen molar-refractivity contribution in [3.8, 4) is 0 Å². The number of aliphatic imine (C=N–C) groups is 1. The first-order chi connectivity index (χ1) is 6.85. The number of unbranched alkanes of at least 4 members (excludes halogenated alkanes) is 3. The van der Waals surface area contributed by atoms with Crippen molar-refractivity contribution in [3.63, 3.8) is 0 Å². The van der Waals surface area contributed by atoms with Gasteiger partial charge in [0.2, 0.25) is 0 Å². The first-order valence-corrected chi connectivity index (χ1v) is 5.64. The molecule has 0 atom stereocenters. The van der Waals surface area contributed by atoms with Crippen molar-refractivity contribution in [2.24, 2.45) is 4.99 Å². The Morgan fingerprint density at radius 2 is 1.93 bits per heavy atom. The SMILES string of the molecule is C\C=N/C=C\C(=C/C)CCCCCC. The smallest absolute Gasteiger partial charge is 0.0266 e. The molecule has 0 radical (unpaired) electrons. The lowest BCUT2D eigenvalue weighted by atomic mass is 10.1. The molecule has 0 aromatic rings. The van der Waals surface area contributed by atoms with Gasteiger partial charge in [-0.1, -0.05) is 37.8 Å². The van der Waals surface area contributed by atoms with E-state index >= 15 is 0 Å². The van der Waals surface area contributed by atoms with E-state index in [0.717, 1.165) is 0 Å². The van der Waals surface area contributed by atoms with Crippen molar-refractivity contribution in [1.29, 1.82) is 0 Å². The number of allylic oxidation sites excluding steroid dienone is 3. The van der Waals surface area contributed by atoms with E-state index in [9.17, 15) is 0 Å². The lowest BCUT2D eigenvalue weighted by molar-refractivity contribution is 0.668. The van der Waals surface area contributed by atoms with E-state index in [1.165, 1.54) is 37.7 Å². The van der Waals surface area contributed by atoms with E-state index in [-0.39, 0.29) is 0 Å². The van der Waals surface area contributed by atoms with Crippen LogP contribution in [0, 0.1) is 0 Å². The average molecular weight is 193 g/mol. The van der Waals surface area contributed by atoms with Crippen molar-refractivity contribution in [3.05, 3.63) is 23.9 Å². The van der Waals surface area contributed by atoms with E-state index in [0.29, 0.717) is 0 Å². The molecule has 0 rings (SSSR count). The van der Waals surface area contributed by atoms with Gasteiger partial charge < -0.3 is 0 Å². The minimum atomic E-state index is 1.19. The van der Waals surface area contributed by atoms with Crippen LogP contribution in [0.2, 0.25) is 0 Å². The molecule has 0 saturated heterocycles. The third-order valence-electron chi connectivity index (χ3n) is 2.21. The van der Waals surface area contributed by atoms with Gasteiger partial charge in [-0.2, -0.15) is 0 Å². The summed E-state index contributed by atoms with van der Waals surface area (Å²) < 4.78 is 0. The Balaban J connectivity index is 3.70. The molecule has 0 aliphatic heterocycles. The fourth-order valence-electron chi connectivity index (χ4n) is 1.30. The summed E-state index contributed by atoms with van der Waals surface area (Å²) in [5, 5.41) is 0. The monoisotopic (exact) mass is 193 g/mol. The van der Waals surface area contributed by atoms with Gasteiger partial charge >= 0.3 is 0 Å². The molecule has 0 amide bonds. The molecule has 1 nitrogen and oxygen atoms in total. The van der Waals surface area contributed by atoms with Gasteiger partial charge in [0.15, 0.2) is 0 Å². The van der Waals surface area contributed by atoms with Crippen LogP contribution in [-0.4, -0.2) is 6.21 Å². The highest BCUT2D eigenvalue weighted by Gasteiger charge is 1.91. The minimum absolute atomic E-state index is 1.19. The number of hydrogen-bond acceptors (Lipinski definition) is 1. The van der Waals surface area contributed by atoms with E-state index in [2.05, 4.69) is 31.0 Å². The highest BCUT2D eigenvalue weighted by molar-refractivity contribution is 5.54. The van der Waals surface area contributed by atoms with Gasteiger partial charge in [0.1, 0.15) is 0 Å². The molecule has 0 unspecified atom stereocenters. The van der Waals surface area contributed by atoms with Crippen LogP contribution >= 0.6 is 0 Å². The Kier molecular flexibility index (Phi) is 9.61. The summed E-state index contributed by atoms with van der Waals surface area (Å²) in [4.78, 5) is 4.06. The van der Waals surface area contributed by atoms with Gasteiger partial charge in [-0.05, 0) is 32.8 Å². The lowest BCUT2D eigenvalue weighted by Gasteiger charge is -2.00. The van der Waals surface area contributed by atoms with Crippen molar-refractivity contribution >= 4 is 6.21 Å². The molecule has 0 spiro atoms. The predicted octanol–water partition coefficient (Wildman–Crippen LogP) is 4.51. The van der Waals surface area contributed by atoms with Gasteiger partial charge in [0.25, 0.3) is 0 Å². The van der Waals surface area contributed by atoms with Crippen LogP contribution in [0.5, 0.6) is 0 Å². The molecule has 0 N–H and O–H groups in total. The van der Waals surface area contributed by atoms with Crippen molar-refractivity contribution in [1.82, 2.24) is 0 Å². The molecule has 14 heavy (non-hydrogen) atoms. The zero-order chi connectivity index (χ0) is 10.6. The first-order valence-electron chi connectivity index (χ1n) is 5.64. The number of hydrogen-bond donors (Lipinski definition) is 0. The van der Waals surface area contributed by atoms with Crippen LogP contribution in [-0.2, 0) is 0 Å². The maximum absolute atomic E-state index is 4.06. The Morgan fingerprint density at radius 3 is 2.50 bits per heavy atom. The molecule has 0 bridgehead atoms. The van der Waals surface area contributed by atoms with E-state index in [1.807, 2.05) is 13.1 Å². The second kappa shape index (κ2) is 10.2. The van der Waals surface area contributed by atoms with Crippen LogP contribution in [0.25, 0.3) is 0 Å². The number of rotatable bonds is 7. The molecule has 0 aliphatic carbocycles. The molecule has 0 aromatic carbocycles. The first kappa shape index (κ1) is 13.2. The normalized spacial score (nSPS) is 13.2. The lowest BCUT2D eigenvalue weighted by Crippen LogP contribution is -1.80. The van der Waals surface area contributed by atoms with E-state index in [1.54, 1.807) is 6.21 Å². The van der Waals surface area contributed by atoms with Gasteiger partial charge in [-0.15, -0.1) is 0 Å². The molecule has 80 valence electrons. The molecule has 0 aromatic heterocycles. The average Bonchev–Trinajstić information content (AvgIpc) is 2.22. The second-order valence-electron chi connectivity index (χ2n) is 3.40. The van der Waals surface area contributed by atoms with E-state index in [4.69, 9.17) is 0 Å². The Hall–Kier alpha value is -0.850. The molecule has 0 aliphatic rings. The topological polar surface area (TPSA) is 12.4 Å². The highest BCUT2D eigenvalue weighted by Crippen LogP contribution is 2.11. The Bertz CT molecular complexity index is 199. The number of nitrogens with zero attached hydrogens (tertiary/aromatic N) is 1. The molecular formula is C13H23N. The fraction of sp³-hybridized carbons (Fsp3) is 0.615. The Morgan fingerprint density at radius 1 is 1.14 bits per heavy atom. The standard InChI is InChI=1S/C13H23N/c1-4-7-8-9-10-13(5-2)11-12-14-6-3/h5-6,11-12H,4,7-10H2,1-3H3/b12-11-,13-5-,14-6-. The quantitative estimate of drug-likeness (QED) is 0.320. The molecular weight excluding hydrogens is 170 g/mol. The van der Waals surface area contributed by atoms with Crippen LogP contribution in [0.1, 0.15) is 52.9 Å². The molecule has 0 fully saturated rings. The minimum Gasteiger partial charge on any atom is -0.269 e. The van der Waals surface area contributed by atoms with E-state index < -0.39 is 0 Å². The van der Waals surface area contributed by atoms with Crippen molar-refractivity contribution in [2.75, 3.05) is 0 Å². The van der Waals surface area contributed by atoms with Crippen LogP contribution in [0.4, 0.5) is 0 Å². The predicted molar refractivity (Wildman–Crippen MR) is 65.8 cm³/mol. The summed E-state index contributed by atoms with van der Waals surface area (Å²) in [6, 6.07) is 0. The highest BCUT2D eigenvalue weighted by atomic mass is 14.6. The maximum Gasteiger partial charge on any atom is 0.0266 e. The third kappa shape index (κ3) is 7.78. The summed E-state index contributed by atoms with van der Waals surface area (Å²) >= 11 is 0. The molecule has 0 saturated carbocycles. The zero-order valence-corrected chi connectivity index (χ0v) is 9.79. The zero-order valence-electron chi connectivity index (χ0n) is 9.79. The summed E-state index contributed by atoms with van der Waals surface area (Å²) in [5.74, 6) is 0. The molecule has 0 heterocycles. The maximum atomic E-state index is 4.06. The fourth-order valence-corrected chi connectivity index (χ4v) is 1.30. The molecule has 1 heteroatoms. The third-order valence-corrected chi connectivity index (χ3v) is 2.21. The van der Waals surface area contributed by atoms with Gasteiger partial charge in [-0.3, -0.25) is 4.99 Å². The van der Waals surface area contributed by atoms with Crippen molar-refractivity contribution < 1.29 is 0 Å². The van der Waals surface area contributed by atoms with Gasteiger partial charge in [0.05, 0.1) is 0 Å². The van der Waals surface area contributed by atoms with Gasteiger partial charge in [-0.25, -0.2) is 0 Å².